The molecule has 182 valence electrons. The van der Waals surface area contributed by atoms with Crippen LogP contribution in [0.4, 0.5) is 4.39 Å². The smallest absolute Gasteiger partial charge is 0.344 e. The first-order chi connectivity index (χ1) is 16.9. The maximum atomic E-state index is 14.1. The van der Waals surface area contributed by atoms with Crippen molar-refractivity contribution in [2.24, 2.45) is 0 Å². The zero-order chi connectivity index (χ0) is 24.9. The van der Waals surface area contributed by atoms with Crippen molar-refractivity contribution in [1.29, 1.82) is 0 Å². The molecule has 0 spiro atoms. The summed E-state index contributed by atoms with van der Waals surface area (Å²) < 4.78 is 25.1. The molecule has 0 unspecified atom stereocenters. The van der Waals surface area contributed by atoms with Gasteiger partial charge in [-0.2, -0.15) is 0 Å². The molecule has 0 saturated carbocycles. The molecule has 1 saturated heterocycles. The van der Waals surface area contributed by atoms with E-state index in [0.29, 0.717) is 28.9 Å². The van der Waals surface area contributed by atoms with Crippen molar-refractivity contribution in [3.63, 3.8) is 0 Å². The molecule has 1 aliphatic rings. The highest BCUT2D eigenvalue weighted by Crippen LogP contribution is 2.31. The lowest BCUT2D eigenvalue weighted by molar-refractivity contribution is 0.0358. The van der Waals surface area contributed by atoms with E-state index in [2.05, 4.69) is 15.0 Å². The number of rotatable bonds is 6. The van der Waals surface area contributed by atoms with E-state index in [-0.39, 0.29) is 41.9 Å². The SMILES string of the molecule is COC(=O)c1c(SC)ccnc1O[C@@H]1CC[C@@H](C)N(C(=O)c2ccc(F)cc2-c2ncccn2)C1. The summed E-state index contributed by atoms with van der Waals surface area (Å²) in [6.07, 6.45) is 7.49. The molecule has 3 aromatic rings. The van der Waals surface area contributed by atoms with Gasteiger partial charge in [0.1, 0.15) is 17.5 Å². The van der Waals surface area contributed by atoms with E-state index >= 15 is 0 Å². The number of likely N-dealkylation sites (tertiary alicyclic amines) is 1. The van der Waals surface area contributed by atoms with Crippen LogP contribution in [-0.2, 0) is 4.74 Å². The van der Waals surface area contributed by atoms with Crippen LogP contribution in [0.2, 0.25) is 0 Å². The molecule has 1 amide bonds. The number of hydrogen-bond donors (Lipinski definition) is 0. The Kier molecular flexibility index (Phi) is 7.60. The van der Waals surface area contributed by atoms with Crippen LogP contribution >= 0.6 is 11.8 Å². The molecule has 10 heteroatoms. The molecule has 2 atom stereocenters. The minimum absolute atomic E-state index is 0.0671. The highest BCUT2D eigenvalue weighted by atomic mass is 32.2. The number of amides is 1. The molecule has 0 N–H and O–H groups in total. The van der Waals surface area contributed by atoms with E-state index < -0.39 is 11.8 Å². The monoisotopic (exact) mass is 496 g/mol. The number of benzene rings is 1. The van der Waals surface area contributed by atoms with Crippen LogP contribution in [0.25, 0.3) is 11.4 Å². The van der Waals surface area contributed by atoms with Gasteiger partial charge in [0.05, 0.1) is 19.2 Å². The summed E-state index contributed by atoms with van der Waals surface area (Å²) in [6, 6.07) is 7.29. The third kappa shape index (κ3) is 5.27. The summed E-state index contributed by atoms with van der Waals surface area (Å²) >= 11 is 1.39. The number of piperidine rings is 1. The fourth-order valence-corrected chi connectivity index (χ4v) is 4.64. The molecule has 0 radical (unpaired) electrons. The van der Waals surface area contributed by atoms with E-state index in [1.165, 1.54) is 37.1 Å². The summed E-state index contributed by atoms with van der Waals surface area (Å²) in [4.78, 5) is 41.1. The maximum Gasteiger partial charge on any atom is 0.344 e. The van der Waals surface area contributed by atoms with Gasteiger partial charge in [0.15, 0.2) is 5.82 Å². The number of hydrogen-bond acceptors (Lipinski definition) is 8. The normalized spacial score (nSPS) is 17.7. The summed E-state index contributed by atoms with van der Waals surface area (Å²) in [5.41, 5.74) is 0.900. The Morgan fingerprint density at radius 2 is 1.89 bits per heavy atom. The first-order valence-corrected chi connectivity index (χ1v) is 12.3. The highest BCUT2D eigenvalue weighted by Gasteiger charge is 2.33. The predicted molar refractivity (Wildman–Crippen MR) is 129 cm³/mol. The van der Waals surface area contributed by atoms with Crippen LogP contribution in [0, 0.1) is 5.82 Å². The van der Waals surface area contributed by atoms with E-state index in [4.69, 9.17) is 9.47 Å². The third-order valence-electron chi connectivity index (χ3n) is 5.88. The van der Waals surface area contributed by atoms with Crippen LogP contribution in [-0.4, -0.2) is 63.8 Å². The minimum Gasteiger partial charge on any atom is -0.472 e. The molecule has 0 bridgehead atoms. The Morgan fingerprint density at radius 1 is 1.11 bits per heavy atom. The largest absolute Gasteiger partial charge is 0.472 e. The topological polar surface area (TPSA) is 94.5 Å². The Hall–Kier alpha value is -3.53. The molecule has 35 heavy (non-hydrogen) atoms. The zero-order valence-electron chi connectivity index (χ0n) is 19.6. The second kappa shape index (κ2) is 10.8. The molecule has 0 aliphatic carbocycles. The third-order valence-corrected chi connectivity index (χ3v) is 6.66. The fourth-order valence-electron chi connectivity index (χ4n) is 4.07. The van der Waals surface area contributed by atoms with Crippen molar-refractivity contribution in [2.75, 3.05) is 19.9 Å². The quantitative estimate of drug-likeness (QED) is 0.369. The molecule has 1 fully saturated rings. The van der Waals surface area contributed by atoms with Crippen molar-refractivity contribution in [3.05, 3.63) is 65.9 Å². The number of halogens is 1. The maximum absolute atomic E-state index is 14.1. The van der Waals surface area contributed by atoms with Gasteiger partial charge in [-0.3, -0.25) is 4.79 Å². The number of esters is 1. The number of pyridine rings is 1. The lowest BCUT2D eigenvalue weighted by Crippen LogP contribution is -2.49. The van der Waals surface area contributed by atoms with E-state index in [9.17, 15) is 14.0 Å². The molecule has 1 aliphatic heterocycles. The summed E-state index contributed by atoms with van der Waals surface area (Å²) in [6.45, 7) is 2.24. The fraction of sp³-hybridized carbons (Fsp3) is 0.320. The second-order valence-corrected chi connectivity index (χ2v) is 8.92. The molecule has 3 heterocycles. The van der Waals surface area contributed by atoms with Gasteiger partial charge in [-0.15, -0.1) is 11.8 Å². The van der Waals surface area contributed by atoms with Crippen LogP contribution < -0.4 is 4.74 Å². The molecule has 2 aromatic heterocycles. The van der Waals surface area contributed by atoms with Gasteiger partial charge in [0.2, 0.25) is 5.88 Å². The Bertz CT molecular complexity index is 1230. The number of methoxy groups -OCH3 is 1. The zero-order valence-corrected chi connectivity index (χ0v) is 20.4. The number of carbonyl (C=O) groups is 2. The first kappa shape index (κ1) is 24.6. The summed E-state index contributed by atoms with van der Waals surface area (Å²) in [5.74, 6) is -0.836. The van der Waals surface area contributed by atoms with E-state index in [0.717, 1.165) is 0 Å². The van der Waals surface area contributed by atoms with Gasteiger partial charge in [0, 0.05) is 35.1 Å². The number of nitrogens with zero attached hydrogens (tertiary/aromatic N) is 4. The molecular formula is C25H25FN4O4S. The Labute approximate surface area is 206 Å². The van der Waals surface area contributed by atoms with Gasteiger partial charge in [0.25, 0.3) is 5.91 Å². The van der Waals surface area contributed by atoms with Crippen molar-refractivity contribution >= 4 is 23.6 Å². The van der Waals surface area contributed by atoms with Gasteiger partial charge >= 0.3 is 5.97 Å². The van der Waals surface area contributed by atoms with Gasteiger partial charge in [-0.25, -0.2) is 24.1 Å². The average Bonchev–Trinajstić information content (AvgIpc) is 2.89. The molecule has 4 rings (SSSR count). The molecule has 1 aromatic carbocycles. The minimum atomic E-state index is -0.534. The molecule has 8 nitrogen and oxygen atoms in total. The van der Waals surface area contributed by atoms with Gasteiger partial charge < -0.3 is 14.4 Å². The van der Waals surface area contributed by atoms with Crippen LogP contribution in [0.1, 0.15) is 40.5 Å². The van der Waals surface area contributed by atoms with Crippen molar-refractivity contribution < 1.29 is 23.5 Å². The number of ether oxygens (including phenoxy) is 2. The van der Waals surface area contributed by atoms with E-state index in [1.807, 2.05) is 13.2 Å². The number of carbonyl (C=O) groups excluding carboxylic acids is 2. The second-order valence-electron chi connectivity index (χ2n) is 8.07. The van der Waals surface area contributed by atoms with Crippen molar-refractivity contribution in [1.82, 2.24) is 19.9 Å². The lowest BCUT2D eigenvalue weighted by atomic mass is 9.98. The first-order valence-electron chi connectivity index (χ1n) is 11.1. The number of thioether (sulfide) groups is 1. The van der Waals surface area contributed by atoms with Crippen molar-refractivity contribution in [2.45, 2.75) is 36.8 Å². The van der Waals surface area contributed by atoms with E-state index in [1.54, 1.807) is 35.6 Å². The van der Waals surface area contributed by atoms with Crippen molar-refractivity contribution in [3.8, 4) is 17.3 Å². The van der Waals surface area contributed by atoms with Crippen LogP contribution in [0.5, 0.6) is 5.88 Å². The standard InChI is InChI=1S/C25H25FN4O4S/c1-15-5-7-17(34-23-21(25(32)33-2)20(35-3)9-12-29-23)14-30(15)24(31)18-8-6-16(26)13-19(18)22-27-10-4-11-28-22/h4,6,8-13,15,17H,5,7,14H2,1-3H3/t15-,17-/m1/s1. The van der Waals surface area contributed by atoms with Crippen LogP contribution in [0.15, 0.2) is 53.8 Å². The predicted octanol–water partition coefficient (Wildman–Crippen LogP) is 4.26. The Morgan fingerprint density at radius 3 is 2.60 bits per heavy atom. The average molecular weight is 497 g/mol. The van der Waals surface area contributed by atoms with Gasteiger partial charge in [-0.05, 0) is 56.4 Å². The van der Waals surface area contributed by atoms with Gasteiger partial charge in [-0.1, -0.05) is 0 Å². The summed E-state index contributed by atoms with van der Waals surface area (Å²) in [7, 11) is 1.31. The summed E-state index contributed by atoms with van der Waals surface area (Å²) in [5, 5.41) is 0. The highest BCUT2D eigenvalue weighted by molar-refractivity contribution is 7.98. The Balaban J connectivity index is 1.61. The molecular weight excluding hydrogens is 471 g/mol. The lowest BCUT2D eigenvalue weighted by Gasteiger charge is -2.38. The number of aromatic nitrogens is 3. The van der Waals surface area contributed by atoms with Crippen LogP contribution in [0.3, 0.4) is 0 Å².